The van der Waals surface area contributed by atoms with Crippen molar-refractivity contribution < 1.29 is 23.7 Å². The van der Waals surface area contributed by atoms with Crippen LogP contribution in [0.25, 0.3) is 0 Å². The van der Waals surface area contributed by atoms with Gasteiger partial charge in [-0.15, -0.1) is 0 Å². The number of carbonyl (C=O) groups is 1. The zero-order chi connectivity index (χ0) is 15.0. The third-order valence-electron chi connectivity index (χ3n) is 4.71. The highest BCUT2D eigenvalue weighted by molar-refractivity contribution is 5.86. The van der Waals surface area contributed by atoms with Crippen LogP contribution in [0.2, 0.25) is 0 Å². The van der Waals surface area contributed by atoms with Crippen LogP contribution in [0, 0.1) is 11.8 Å². The van der Waals surface area contributed by atoms with Gasteiger partial charge in [-0.25, -0.2) is 4.79 Å². The Kier molecular flexibility index (Phi) is 4.08. The summed E-state index contributed by atoms with van der Waals surface area (Å²) >= 11 is 0. The van der Waals surface area contributed by atoms with Crippen LogP contribution in [0.1, 0.15) is 39.5 Å². The van der Waals surface area contributed by atoms with Gasteiger partial charge in [-0.05, 0) is 39.0 Å². The normalized spacial score (nSPS) is 38.9. The average molecular weight is 296 g/mol. The molecule has 5 unspecified atom stereocenters. The third kappa shape index (κ3) is 3.00. The zero-order valence-electron chi connectivity index (χ0n) is 12.8. The fourth-order valence-corrected chi connectivity index (χ4v) is 3.73. The van der Waals surface area contributed by atoms with Crippen molar-refractivity contribution in [2.45, 2.75) is 57.7 Å². The number of ether oxygens (including phenoxy) is 4. The second kappa shape index (κ2) is 5.71. The predicted molar refractivity (Wildman–Crippen MR) is 75.3 cm³/mol. The molecule has 0 N–H and O–H groups in total. The average Bonchev–Trinajstić information content (AvgIpc) is 3.12. The second-order valence-corrected chi connectivity index (χ2v) is 6.58. The van der Waals surface area contributed by atoms with Crippen LogP contribution in [0.4, 0.5) is 0 Å². The maximum atomic E-state index is 11.3. The molecule has 1 heterocycles. The fraction of sp³-hybridized carbons (Fsp3) is 0.812. The molecule has 21 heavy (non-hydrogen) atoms. The van der Waals surface area contributed by atoms with E-state index >= 15 is 0 Å². The lowest BCUT2D eigenvalue weighted by Gasteiger charge is -2.32. The van der Waals surface area contributed by atoms with Crippen molar-refractivity contribution >= 4 is 5.97 Å². The molecule has 3 fully saturated rings. The predicted octanol–water partition coefficient (Wildman–Crippen LogP) is 2.40. The first kappa shape index (κ1) is 15.0. The summed E-state index contributed by atoms with van der Waals surface area (Å²) in [4.78, 5) is 11.3. The highest BCUT2D eigenvalue weighted by Gasteiger charge is 2.57. The lowest BCUT2D eigenvalue weighted by atomic mass is 9.94. The lowest BCUT2D eigenvalue weighted by molar-refractivity contribution is -0.243. The Hall–Kier alpha value is -0.910. The van der Waals surface area contributed by atoms with Gasteiger partial charge in [0, 0.05) is 17.9 Å². The summed E-state index contributed by atoms with van der Waals surface area (Å²) < 4.78 is 22.9. The molecule has 1 aliphatic heterocycles. The molecular formula is C16H24O5. The van der Waals surface area contributed by atoms with Gasteiger partial charge in [-0.1, -0.05) is 6.58 Å². The molecular weight excluding hydrogens is 272 g/mol. The zero-order valence-corrected chi connectivity index (χ0v) is 12.8. The maximum absolute atomic E-state index is 11.3. The molecule has 1 saturated heterocycles. The van der Waals surface area contributed by atoms with Crippen molar-refractivity contribution in [2.75, 3.05) is 13.2 Å². The summed E-state index contributed by atoms with van der Waals surface area (Å²) in [7, 11) is 0. The molecule has 1 spiro atoms. The van der Waals surface area contributed by atoms with Crippen molar-refractivity contribution in [3.05, 3.63) is 12.2 Å². The molecule has 5 nitrogen and oxygen atoms in total. The smallest absolute Gasteiger partial charge is 0.333 e. The SMILES string of the molecule is C=C(C)C(=O)OCC(C)OC1COC2(CC3CCC2C3)O1. The Bertz CT molecular complexity index is 434. The van der Waals surface area contributed by atoms with E-state index in [-0.39, 0.29) is 19.0 Å². The van der Waals surface area contributed by atoms with Crippen molar-refractivity contribution in [3.63, 3.8) is 0 Å². The van der Waals surface area contributed by atoms with E-state index in [0.717, 1.165) is 12.3 Å². The van der Waals surface area contributed by atoms with Gasteiger partial charge in [0.1, 0.15) is 13.2 Å². The van der Waals surface area contributed by atoms with Crippen LogP contribution in [-0.2, 0) is 23.7 Å². The quantitative estimate of drug-likeness (QED) is 0.576. The van der Waals surface area contributed by atoms with Gasteiger partial charge in [-0.2, -0.15) is 0 Å². The Morgan fingerprint density at radius 2 is 2.29 bits per heavy atom. The molecule has 0 amide bonds. The van der Waals surface area contributed by atoms with E-state index in [1.807, 2.05) is 6.92 Å². The van der Waals surface area contributed by atoms with E-state index < -0.39 is 11.8 Å². The summed E-state index contributed by atoms with van der Waals surface area (Å²) in [6.45, 7) is 7.69. The van der Waals surface area contributed by atoms with E-state index in [9.17, 15) is 4.79 Å². The minimum absolute atomic E-state index is 0.199. The largest absolute Gasteiger partial charge is 0.460 e. The molecule has 5 atom stereocenters. The van der Waals surface area contributed by atoms with E-state index in [4.69, 9.17) is 18.9 Å². The number of carbonyl (C=O) groups excluding carboxylic acids is 1. The van der Waals surface area contributed by atoms with Crippen LogP contribution in [0.3, 0.4) is 0 Å². The van der Waals surface area contributed by atoms with Gasteiger partial charge >= 0.3 is 5.97 Å². The molecule has 2 saturated carbocycles. The lowest BCUT2D eigenvalue weighted by Crippen LogP contribution is -2.37. The van der Waals surface area contributed by atoms with Gasteiger partial charge in [0.15, 0.2) is 12.1 Å². The van der Waals surface area contributed by atoms with Crippen LogP contribution < -0.4 is 0 Å². The van der Waals surface area contributed by atoms with Crippen LogP contribution in [-0.4, -0.2) is 37.4 Å². The first-order chi connectivity index (χ1) is 9.98. The maximum Gasteiger partial charge on any atom is 0.333 e. The third-order valence-corrected chi connectivity index (χ3v) is 4.71. The topological polar surface area (TPSA) is 54.0 Å². The highest BCUT2D eigenvalue weighted by atomic mass is 16.8. The van der Waals surface area contributed by atoms with E-state index in [1.54, 1.807) is 6.92 Å². The monoisotopic (exact) mass is 296 g/mol. The number of hydrogen-bond acceptors (Lipinski definition) is 5. The molecule has 2 aliphatic carbocycles. The number of hydrogen-bond donors (Lipinski definition) is 0. The van der Waals surface area contributed by atoms with Crippen molar-refractivity contribution in [2.24, 2.45) is 11.8 Å². The molecule has 5 heteroatoms. The molecule has 0 aromatic carbocycles. The molecule has 118 valence electrons. The van der Waals surface area contributed by atoms with Crippen LogP contribution >= 0.6 is 0 Å². The Labute approximate surface area is 125 Å². The van der Waals surface area contributed by atoms with Crippen molar-refractivity contribution in [1.82, 2.24) is 0 Å². The first-order valence-corrected chi connectivity index (χ1v) is 7.78. The van der Waals surface area contributed by atoms with Gasteiger partial charge in [0.2, 0.25) is 0 Å². The van der Waals surface area contributed by atoms with E-state index in [1.165, 1.54) is 19.3 Å². The molecule has 0 aromatic heterocycles. The molecule has 0 aromatic rings. The molecule has 2 bridgehead atoms. The fourth-order valence-electron chi connectivity index (χ4n) is 3.73. The van der Waals surface area contributed by atoms with Gasteiger partial charge in [0.05, 0.1) is 6.10 Å². The van der Waals surface area contributed by atoms with E-state index in [0.29, 0.717) is 18.1 Å². The summed E-state index contributed by atoms with van der Waals surface area (Å²) in [5.74, 6) is 0.482. The van der Waals surface area contributed by atoms with Crippen molar-refractivity contribution in [1.29, 1.82) is 0 Å². The number of rotatable bonds is 5. The Morgan fingerprint density at radius 1 is 1.48 bits per heavy atom. The first-order valence-electron chi connectivity index (χ1n) is 7.78. The van der Waals surface area contributed by atoms with Crippen molar-refractivity contribution in [3.8, 4) is 0 Å². The summed E-state index contributed by atoms with van der Waals surface area (Å²) in [6, 6.07) is 0. The minimum atomic E-state index is -0.401. The highest BCUT2D eigenvalue weighted by Crippen LogP contribution is 2.55. The summed E-state index contributed by atoms with van der Waals surface area (Å²) in [6.07, 6.45) is 4.13. The number of fused-ring (bicyclic) bond motifs is 3. The van der Waals surface area contributed by atoms with Crippen LogP contribution in [0.5, 0.6) is 0 Å². The van der Waals surface area contributed by atoms with Crippen LogP contribution in [0.15, 0.2) is 12.2 Å². The minimum Gasteiger partial charge on any atom is -0.460 e. The standard InChI is InChI=1S/C16H24O5/c1-10(2)15(17)18-8-11(3)20-14-9-19-16(21-14)7-12-4-5-13(16)6-12/h11-14H,1,4-9H2,2-3H3. The Morgan fingerprint density at radius 3 is 2.90 bits per heavy atom. The Balaban J connectivity index is 1.44. The molecule has 0 radical (unpaired) electrons. The summed E-state index contributed by atoms with van der Waals surface area (Å²) in [5, 5.41) is 0. The number of esters is 1. The summed E-state index contributed by atoms with van der Waals surface area (Å²) in [5.41, 5.74) is 0.392. The van der Waals surface area contributed by atoms with Gasteiger partial charge in [-0.3, -0.25) is 0 Å². The van der Waals surface area contributed by atoms with Gasteiger partial charge < -0.3 is 18.9 Å². The van der Waals surface area contributed by atoms with Gasteiger partial charge in [0.25, 0.3) is 0 Å². The second-order valence-electron chi connectivity index (χ2n) is 6.58. The molecule has 3 aliphatic rings. The molecule has 3 rings (SSSR count). The van der Waals surface area contributed by atoms with E-state index in [2.05, 4.69) is 6.58 Å².